The summed E-state index contributed by atoms with van der Waals surface area (Å²) >= 11 is 0. The molecule has 0 aromatic heterocycles. The zero-order valence-corrected chi connectivity index (χ0v) is 13.9. The average molecular weight is 324 g/mol. The zero-order valence-electron chi connectivity index (χ0n) is 13.9. The van der Waals surface area contributed by atoms with Crippen LogP contribution in [0, 0.1) is 5.92 Å². The first-order chi connectivity index (χ1) is 11.0. The second kappa shape index (κ2) is 8.29. The van der Waals surface area contributed by atoms with Crippen molar-refractivity contribution in [3.05, 3.63) is 0 Å². The number of imide groups is 1. The first-order valence-electron chi connectivity index (χ1n) is 8.62. The van der Waals surface area contributed by atoms with Crippen molar-refractivity contribution >= 4 is 17.8 Å². The first kappa shape index (κ1) is 17.7. The fraction of sp³-hybridized carbons (Fsp3) is 0.812. The molecule has 2 aliphatic rings. The summed E-state index contributed by atoms with van der Waals surface area (Å²) in [7, 11) is 0. The highest BCUT2D eigenvalue weighted by atomic mass is 16.2. The fourth-order valence-corrected chi connectivity index (χ4v) is 3.50. The second-order valence-corrected chi connectivity index (χ2v) is 6.60. The highest BCUT2D eigenvalue weighted by Crippen LogP contribution is 2.22. The molecule has 0 saturated carbocycles. The number of nitrogens with zero attached hydrogens (tertiary/aromatic N) is 2. The Morgan fingerprint density at radius 2 is 1.70 bits per heavy atom. The number of hydrogen-bond donors (Lipinski definition) is 2. The first-order valence-corrected chi connectivity index (χ1v) is 8.62. The van der Waals surface area contributed by atoms with Crippen molar-refractivity contribution < 1.29 is 14.4 Å². The predicted molar refractivity (Wildman–Crippen MR) is 86.5 cm³/mol. The summed E-state index contributed by atoms with van der Waals surface area (Å²) in [5.74, 6) is -0.231. The lowest BCUT2D eigenvalue weighted by atomic mass is 9.95. The SMILES string of the molecule is CC(C(=O)NC(N)=O)N1CCCC(C(=O)N2CCCCCC2)C1. The molecule has 2 saturated heterocycles. The van der Waals surface area contributed by atoms with Gasteiger partial charge in [0.1, 0.15) is 0 Å². The van der Waals surface area contributed by atoms with Crippen molar-refractivity contribution in [2.45, 2.75) is 51.5 Å². The molecule has 0 bridgehead atoms. The van der Waals surface area contributed by atoms with Gasteiger partial charge in [-0.1, -0.05) is 12.8 Å². The van der Waals surface area contributed by atoms with Gasteiger partial charge in [-0.2, -0.15) is 0 Å². The van der Waals surface area contributed by atoms with E-state index in [1.54, 1.807) is 6.92 Å². The van der Waals surface area contributed by atoms with Crippen LogP contribution in [0.15, 0.2) is 0 Å². The molecule has 23 heavy (non-hydrogen) atoms. The van der Waals surface area contributed by atoms with Crippen LogP contribution in [0.4, 0.5) is 4.79 Å². The molecule has 130 valence electrons. The van der Waals surface area contributed by atoms with Gasteiger partial charge in [0.15, 0.2) is 0 Å². The van der Waals surface area contributed by atoms with Crippen LogP contribution in [0.3, 0.4) is 0 Å². The quantitative estimate of drug-likeness (QED) is 0.798. The van der Waals surface area contributed by atoms with Gasteiger partial charge >= 0.3 is 6.03 Å². The summed E-state index contributed by atoms with van der Waals surface area (Å²) < 4.78 is 0. The van der Waals surface area contributed by atoms with Gasteiger partial charge in [0.25, 0.3) is 0 Å². The molecule has 7 heteroatoms. The van der Waals surface area contributed by atoms with E-state index in [1.165, 1.54) is 12.8 Å². The normalized spacial score (nSPS) is 24.6. The van der Waals surface area contributed by atoms with Crippen LogP contribution in [0.2, 0.25) is 0 Å². The number of carbonyl (C=O) groups is 3. The van der Waals surface area contributed by atoms with Crippen molar-refractivity contribution in [1.82, 2.24) is 15.1 Å². The lowest BCUT2D eigenvalue weighted by Crippen LogP contribution is -2.53. The Bertz CT molecular complexity index is 447. The van der Waals surface area contributed by atoms with E-state index in [1.807, 2.05) is 9.80 Å². The number of likely N-dealkylation sites (tertiary alicyclic amines) is 2. The van der Waals surface area contributed by atoms with E-state index in [0.717, 1.165) is 45.3 Å². The summed E-state index contributed by atoms with van der Waals surface area (Å²) in [5, 5.41) is 2.12. The summed E-state index contributed by atoms with van der Waals surface area (Å²) in [5.41, 5.74) is 5.00. The van der Waals surface area contributed by atoms with Crippen LogP contribution in [0.25, 0.3) is 0 Å². The molecule has 0 radical (unpaired) electrons. The Kier molecular flexibility index (Phi) is 6.38. The van der Waals surface area contributed by atoms with Crippen LogP contribution in [-0.4, -0.2) is 59.9 Å². The van der Waals surface area contributed by atoms with Gasteiger partial charge in [-0.15, -0.1) is 0 Å². The molecular weight excluding hydrogens is 296 g/mol. The van der Waals surface area contributed by atoms with Gasteiger partial charge in [-0.05, 0) is 39.2 Å². The van der Waals surface area contributed by atoms with Crippen LogP contribution in [0.5, 0.6) is 0 Å². The van der Waals surface area contributed by atoms with Gasteiger partial charge < -0.3 is 10.6 Å². The molecule has 2 unspecified atom stereocenters. The largest absolute Gasteiger partial charge is 0.351 e. The molecule has 2 aliphatic heterocycles. The minimum Gasteiger partial charge on any atom is -0.351 e. The Labute approximate surface area is 137 Å². The zero-order chi connectivity index (χ0) is 16.8. The van der Waals surface area contributed by atoms with Gasteiger partial charge in [-0.3, -0.25) is 19.8 Å². The molecule has 0 aromatic rings. The summed E-state index contributed by atoms with van der Waals surface area (Å²) in [6, 6.07) is -1.29. The smallest absolute Gasteiger partial charge is 0.318 e. The van der Waals surface area contributed by atoms with Crippen molar-refractivity contribution in [2.75, 3.05) is 26.2 Å². The molecule has 0 aliphatic carbocycles. The minimum absolute atomic E-state index is 0.0503. The second-order valence-electron chi connectivity index (χ2n) is 6.60. The number of nitrogens with two attached hydrogens (primary N) is 1. The van der Waals surface area contributed by atoms with E-state index in [4.69, 9.17) is 5.73 Å². The van der Waals surface area contributed by atoms with Crippen LogP contribution >= 0.6 is 0 Å². The molecule has 0 spiro atoms. The third-order valence-corrected chi connectivity index (χ3v) is 4.89. The number of nitrogens with one attached hydrogen (secondary N) is 1. The lowest BCUT2D eigenvalue weighted by molar-refractivity contribution is -0.139. The van der Waals surface area contributed by atoms with E-state index in [2.05, 4.69) is 5.32 Å². The molecule has 4 amide bonds. The Morgan fingerprint density at radius 1 is 1.04 bits per heavy atom. The maximum Gasteiger partial charge on any atom is 0.318 e. The van der Waals surface area contributed by atoms with E-state index in [-0.39, 0.29) is 11.8 Å². The average Bonchev–Trinajstić information content (AvgIpc) is 2.82. The maximum absolute atomic E-state index is 12.7. The number of rotatable bonds is 3. The predicted octanol–water partition coefficient (Wildman–Crippen LogP) is 0.684. The monoisotopic (exact) mass is 324 g/mol. The molecular formula is C16H28N4O3. The van der Waals surface area contributed by atoms with E-state index >= 15 is 0 Å². The number of carbonyl (C=O) groups excluding carboxylic acids is 3. The van der Waals surface area contributed by atoms with Gasteiger partial charge in [-0.25, -0.2) is 4.79 Å². The van der Waals surface area contributed by atoms with Gasteiger partial charge in [0.05, 0.1) is 12.0 Å². The molecule has 2 atom stereocenters. The van der Waals surface area contributed by atoms with Crippen molar-refractivity contribution in [3.8, 4) is 0 Å². The topological polar surface area (TPSA) is 95.7 Å². The lowest BCUT2D eigenvalue weighted by Gasteiger charge is -2.37. The summed E-state index contributed by atoms with van der Waals surface area (Å²) in [4.78, 5) is 39.5. The highest BCUT2D eigenvalue weighted by molar-refractivity contribution is 5.96. The third kappa shape index (κ3) is 4.92. The molecule has 2 rings (SSSR count). The summed E-state index contributed by atoms with van der Waals surface area (Å²) in [6.07, 6.45) is 6.32. The van der Waals surface area contributed by atoms with E-state index in [0.29, 0.717) is 6.54 Å². The Hall–Kier alpha value is -1.63. The molecule has 3 N–H and O–H groups in total. The molecule has 7 nitrogen and oxygen atoms in total. The van der Waals surface area contributed by atoms with Gasteiger partial charge in [0, 0.05) is 19.6 Å². The third-order valence-electron chi connectivity index (χ3n) is 4.89. The Morgan fingerprint density at radius 3 is 2.30 bits per heavy atom. The van der Waals surface area contributed by atoms with Crippen molar-refractivity contribution in [3.63, 3.8) is 0 Å². The van der Waals surface area contributed by atoms with Crippen molar-refractivity contribution in [2.24, 2.45) is 11.7 Å². The number of amides is 4. The van der Waals surface area contributed by atoms with Crippen LogP contribution in [-0.2, 0) is 9.59 Å². The standard InChI is InChI=1S/C16H28N4O3/c1-12(14(21)18-16(17)23)20-10-6-7-13(11-20)15(22)19-8-4-2-3-5-9-19/h12-13H,2-11H2,1H3,(H3,17,18,21,23). The Balaban J connectivity index is 1.92. The molecule has 2 fully saturated rings. The number of hydrogen-bond acceptors (Lipinski definition) is 4. The van der Waals surface area contributed by atoms with E-state index < -0.39 is 18.0 Å². The minimum atomic E-state index is -0.837. The number of piperidine rings is 1. The molecule has 2 heterocycles. The van der Waals surface area contributed by atoms with Crippen LogP contribution in [0.1, 0.15) is 45.4 Å². The highest BCUT2D eigenvalue weighted by Gasteiger charge is 2.33. The van der Waals surface area contributed by atoms with Crippen LogP contribution < -0.4 is 11.1 Å². The van der Waals surface area contributed by atoms with Crippen molar-refractivity contribution in [1.29, 1.82) is 0 Å². The number of primary amides is 1. The van der Waals surface area contributed by atoms with E-state index in [9.17, 15) is 14.4 Å². The van der Waals surface area contributed by atoms with Gasteiger partial charge in [0.2, 0.25) is 11.8 Å². The molecule has 0 aromatic carbocycles. The number of urea groups is 1. The maximum atomic E-state index is 12.7. The summed E-state index contributed by atoms with van der Waals surface area (Å²) in [6.45, 7) is 4.79. The fourth-order valence-electron chi connectivity index (χ4n) is 3.50.